The number of benzene rings is 2. The van der Waals surface area contributed by atoms with Crippen molar-refractivity contribution in [2.45, 2.75) is 30.6 Å². The van der Waals surface area contributed by atoms with E-state index in [9.17, 15) is 9.18 Å². The fraction of sp³-hybridized carbons (Fsp3) is 0.435. The number of hydrogen-bond acceptors (Lipinski definition) is 3. The molecule has 0 aromatic heterocycles. The summed E-state index contributed by atoms with van der Waals surface area (Å²) < 4.78 is 24.0. The minimum atomic E-state index is -0.244. The van der Waals surface area contributed by atoms with Crippen molar-refractivity contribution in [1.82, 2.24) is 5.32 Å². The largest absolute Gasteiger partial charge is 0.497 e. The van der Waals surface area contributed by atoms with Gasteiger partial charge in [0.05, 0.1) is 7.11 Å². The van der Waals surface area contributed by atoms with Crippen LogP contribution in [0.2, 0.25) is 0 Å². The van der Waals surface area contributed by atoms with Crippen LogP contribution in [0.3, 0.4) is 0 Å². The molecule has 2 fully saturated rings. The summed E-state index contributed by atoms with van der Waals surface area (Å²) in [6, 6.07) is 14.6. The molecule has 2 aromatic carbocycles. The number of carbonyl (C=O) groups excluding carboxylic acids is 1. The second-order valence-electron chi connectivity index (χ2n) is 7.84. The number of rotatable bonds is 6. The Balaban J connectivity index is 1.42. The third-order valence-electron chi connectivity index (χ3n) is 6.18. The lowest BCUT2D eigenvalue weighted by Crippen LogP contribution is -2.45. The molecule has 1 amide bonds. The maximum absolute atomic E-state index is 13.1. The third kappa shape index (κ3) is 3.90. The first kappa shape index (κ1) is 18.9. The van der Waals surface area contributed by atoms with Gasteiger partial charge in [-0.2, -0.15) is 0 Å². The van der Waals surface area contributed by atoms with E-state index in [-0.39, 0.29) is 29.0 Å². The standard InChI is InChI=1S/C23H26FNO3/c1-27-19-8-4-17(5-9-19)23(10-12-28-13-11-23)15-25-22(26)21-14-20(21)16-2-6-18(24)7-3-16/h2-9,20-21H,10-15H2,1H3,(H,25,26). The molecule has 2 unspecified atom stereocenters. The summed E-state index contributed by atoms with van der Waals surface area (Å²) in [5.41, 5.74) is 2.14. The van der Waals surface area contributed by atoms with E-state index in [1.807, 2.05) is 12.1 Å². The highest BCUT2D eigenvalue weighted by molar-refractivity contribution is 5.83. The number of halogens is 1. The van der Waals surface area contributed by atoms with E-state index in [1.54, 1.807) is 19.2 Å². The molecule has 4 rings (SSSR count). The fourth-order valence-corrected chi connectivity index (χ4v) is 4.22. The van der Waals surface area contributed by atoms with Gasteiger partial charge in [-0.15, -0.1) is 0 Å². The van der Waals surface area contributed by atoms with Crippen LogP contribution >= 0.6 is 0 Å². The summed E-state index contributed by atoms with van der Waals surface area (Å²) in [5.74, 6) is 0.862. The third-order valence-corrected chi connectivity index (χ3v) is 6.18. The average Bonchev–Trinajstić information content (AvgIpc) is 3.54. The van der Waals surface area contributed by atoms with Gasteiger partial charge in [-0.3, -0.25) is 4.79 Å². The Hall–Kier alpha value is -2.40. The quantitative estimate of drug-likeness (QED) is 0.825. The number of methoxy groups -OCH3 is 1. The van der Waals surface area contributed by atoms with Crippen molar-refractivity contribution in [3.05, 3.63) is 65.5 Å². The molecule has 1 aliphatic heterocycles. The van der Waals surface area contributed by atoms with E-state index in [0.29, 0.717) is 19.8 Å². The van der Waals surface area contributed by atoms with Crippen molar-refractivity contribution in [3.63, 3.8) is 0 Å². The highest BCUT2D eigenvalue weighted by Gasteiger charge is 2.45. The molecule has 2 aromatic rings. The maximum atomic E-state index is 13.1. The van der Waals surface area contributed by atoms with E-state index in [0.717, 1.165) is 30.6 Å². The molecule has 1 saturated carbocycles. The Labute approximate surface area is 165 Å². The number of carbonyl (C=O) groups is 1. The summed E-state index contributed by atoms with van der Waals surface area (Å²) in [6.07, 6.45) is 2.59. The lowest BCUT2D eigenvalue weighted by Gasteiger charge is -2.38. The Morgan fingerprint density at radius 1 is 1.14 bits per heavy atom. The van der Waals surface area contributed by atoms with E-state index >= 15 is 0 Å². The molecule has 1 aliphatic carbocycles. The molecule has 5 heteroatoms. The van der Waals surface area contributed by atoms with Crippen LogP contribution in [0.1, 0.15) is 36.3 Å². The van der Waals surface area contributed by atoms with Crippen molar-refractivity contribution in [3.8, 4) is 5.75 Å². The van der Waals surface area contributed by atoms with Crippen molar-refractivity contribution >= 4 is 5.91 Å². The molecule has 2 atom stereocenters. The summed E-state index contributed by atoms with van der Waals surface area (Å²) in [7, 11) is 1.66. The van der Waals surface area contributed by atoms with Gasteiger partial charge in [0.2, 0.25) is 5.91 Å². The molecule has 0 radical (unpaired) electrons. The Morgan fingerprint density at radius 2 is 1.82 bits per heavy atom. The number of nitrogens with one attached hydrogen (secondary N) is 1. The van der Waals surface area contributed by atoms with Crippen LogP contribution in [0.15, 0.2) is 48.5 Å². The van der Waals surface area contributed by atoms with E-state index in [1.165, 1.54) is 17.7 Å². The van der Waals surface area contributed by atoms with Crippen LogP contribution in [-0.4, -0.2) is 32.8 Å². The smallest absolute Gasteiger partial charge is 0.223 e. The zero-order chi connectivity index (χ0) is 19.6. The second-order valence-corrected chi connectivity index (χ2v) is 7.84. The summed E-state index contributed by atoms with van der Waals surface area (Å²) >= 11 is 0. The Bertz CT molecular complexity index is 813. The van der Waals surface area contributed by atoms with Gasteiger partial charge in [0.25, 0.3) is 0 Å². The van der Waals surface area contributed by atoms with Crippen LogP contribution in [0.4, 0.5) is 4.39 Å². The minimum absolute atomic E-state index is 0.0155. The predicted octanol–water partition coefficient (Wildman–Crippen LogP) is 3.80. The highest BCUT2D eigenvalue weighted by Crippen LogP contribution is 2.47. The van der Waals surface area contributed by atoms with Gasteiger partial charge < -0.3 is 14.8 Å². The lowest BCUT2D eigenvalue weighted by molar-refractivity contribution is -0.122. The molecule has 4 nitrogen and oxygen atoms in total. The van der Waals surface area contributed by atoms with Crippen molar-refractivity contribution in [2.24, 2.45) is 5.92 Å². The first-order valence-corrected chi connectivity index (χ1v) is 9.87. The summed E-state index contributed by atoms with van der Waals surface area (Å²) in [6.45, 7) is 2.00. The molecule has 1 heterocycles. The summed E-state index contributed by atoms with van der Waals surface area (Å²) in [4.78, 5) is 12.7. The topological polar surface area (TPSA) is 47.6 Å². The molecular formula is C23H26FNO3. The second kappa shape index (κ2) is 7.92. The molecule has 0 spiro atoms. The Morgan fingerprint density at radius 3 is 2.46 bits per heavy atom. The summed E-state index contributed by atoms with van der Waals surface area (Å²) in [5, 5.41) is 3.19. The van der Waals surface area contributed by atoms with Gasteiger partial charge in [0.1, 0.15) is 11.6 Å². The molecule has 148 valence electrons. The number of hydrogen-bond donors (Lipinski definition) is 1. The highest BCUT2D eigenvalue weighted by atomic mass is 19.1. The van der Waals surface area contributed by atoms with Gasteiger partial charge in [0, 0.05) is 31.1 Å². The van der Waals surface area contributed by atoms with E-state index < -0.39 is 0 Å². The van der Waals surface area contributed by atoms with Gasteiger partial charge in [0.15, 0.2) is 0 Å². The van der Waals surface area contributed by atoms with Gasteiger partial charge >= 0.3 is 0 Å². The molecule has 1 saturated heterocycles. The number of ether oxygens (including phenoxy) is 2. The van der Waals surface area contributed by atoms with Crippen LogP contribution in [0.5, 0.6) is 5.75 Å². The normalized spacial score (nSPS) is 23.1. The number of amides is 1. The zero-order valence-corrected chi connectivity index (χ0v) is 16.1. The van der Waals surface area contributed by atoms with Crippen molar-refractivity contribution in [2.75, 3.05) is 26.9 Å². The first-order chi connectivity index (χ1) is 13.6. The average molecular weight is 383 g/mol. The molecular weight excluding hydrogens is 357 g/mol. The first-order valence-electron chi connectivity index (χ1n) is 9.87. The Kier molecular flexibility index (Phi) is 5.36. The van der Waals surface area contributed by atoms with Crippen LogP contribution in [0, 0.1) is 11.7 Å². The van der Waals surface area contributed by atoms with Crippen LogP contribution in [0.25, 0.3) is 0 Å². The van der Waals surface area contributed by atoms with Crippen LogP contribution in [-0.2, 0) is 14.9 Å². The van der Waals surface area contributed by atoms with Gasteiger partial charge in [-0.1, -0.05) is 24.3 Å². The zero-order valence-electron chi connectivity index (χ0n) is 16.1. The predicted molar refractivity (Wildman–Crippen MR) is 105 cm³/mol. The lowest BCUT2D eigenvalue weighted by atomic mass is 9.74. The maximum Gasteiger partial charge on any atom is 0.223 e. The van der Waals surface area contributed by atoms with E-state index in [4.69, 9.17) is 9.47 Å². The molecule has 1 N–H and O–H groups in total. The fourth-order valence-electron chi connectivity index (χ4n) is 4.22. The minimum Gasteiger partial charge on any atom is -0.497 e. The molecule has 28 heavy (non-hydrogen) atoms. The van der Waals surface area contributed by atoms with Gasteiger partial charge in [-0.25, -0.2) is 4.39 Å². The molecule has 0 bridgehead atoms. The monoisotopic (exact) mass is 383 g/mol. The molecule has 2 aliphatic rings. The van der Waals surface area contributed by atoms with Crippen LogP contribution < -0.4 is 10.1 Å². The van der Waals surface area contributed by atoms with Crippen molar-refractivity contribution < 1.29 is 18.7 Å². The SMILES string of the molecule is COc1ccc(C2(CNC(=O)C3CC3c3ccc(F)cc3)CCOCC2)cc1. The van der Waals surface area contributed by atoms with Crippen molar-refractivity contribution in [1.29, 1.82) is 0 Å². The van der Waals surface area contributed by atoms with E-state index in [2.05, 4.69) is 17.4 Å². The van der Waals surface area contributed by atoms with Gasteiger partial charge in [-0.05, 0) is 60.6 Å².